The zero-order valence-corrected chi connectivity index (χ0v) is 9.85. The van der Waals surface area contributed by atoms with Gasteiger partial charge in [-0.05, 0) is 24.6 Å². The van der Waals surface area contributed by atoms with Gasteiger partial charge in [-0.25, -0.2) is 0 Å². The van der Waals surface area contributed by atoms with Crippen LogP contribution in [0.5, 0.6) is 0 Å². The van der Waals surface area contributed by atoms with Crippen molar-refractivity contribution >= 4 is 11.8 Å². The highest BCUT2D eigenvalue weighted by atomic mass is 32.2. The van der Waals surface area contributed by atoms with Crippen LogP contribution in [-0.4, -0.2) is 5.25 Å². The average molecular weight is 216 g/mol. The van der Waals surface area contributed by atoms with Crippen LogP contribution in [0.15, 0.2) is 17.0 Å². The highest BCUT2D eigenvalue weighted by Crippen LogP contribution is 2.27. The fourth-order valence-electron chi connectivity index (χ4n) is 1.26. The third-order valence-corrected chi connectivity index (χ3v) is 2.97. The second kappa shape index (κ2) is 4.87. The minimum atomic E-state index is 0.450. The highest BCUT2D eigenvalue weighted by molar-refractivity contribution is 7.99. The lowest BCUT2D eigenvalue weighted by Crippen LogP contribution is -1.92. The van der Waals surface area contributed by atoms with Gasteiger partial charge in [0.1, 0.15) is 0 Å². The van der Waals surface area contributed by atoms with Crippen LogP contribution >= 0.6 is 11.8 Å². The van der Waals surface area contributed by atoms with Gasteiger partial charge in [-0.3, -0.25) is 0 Å². The Morgan fingerprint density at radius 2 is 1.60 bits per heavy atom. The van der Waals surface area contributed by atoms with E-state index in [9.17, 15) is 0 Å². The molecule has 0 N–H and O–H groups in total. The van der Waals surface area contributed by atoms with Crippen molar-refractivity contribution < 1.29 is 0 Å². The predicted octanol–water partition coefficient (Wildman–Crippen LogP) is 3.24. The smallest absolute Gasteiger partial charge is 0.0995 e. The van der Waals surface area contributed by atoms with E-state index in [2.05, 4.69) is 26.0 Å². The molecule has 2 nitrogen and oxygen atoms in total. The molecular weight excluding hydrogens is 204 g/mol. The summed E-state index contributed by atoms with van der Waals surface area (Å²) in [5, 5.41) is 18.3. The van der Waals surface area contributed by atoms with E-state index in [1.807, 2.05) is 12.1 Å². The van der Waals surface area contributed by atoms with Gasteiger partial charge in [-0.1, -0.05) is 13.8 Å². The molecular formula is C12H12N2S. The molecule has 0 fully saturated rings. The van der Waals surface area contributed by atoms with Crippen LogP contribution in [0, 0.1) is 29.6 Å². The molecule has 0 saturated carbocycles. The van der Waals surface area contributed by atoms with Gasteiger partial charge in [0, 0.05) is 10.1 Å². The van der Waals surface area contributed by atoms with E-state index < -0.39 is 0 Å². The average Bonchev–Trinajstić information content (AvgIpc) is 2.19. The van der Waals surface area contributed by atoms with Crippen molar-refractivity contribution in [1.82, 2.24) is 0 Å². The van der Waals surface area contributed by atoms with Crippen molar-refractivity contribution in [2.24, 2.45) is 0 Å². The Morgan fingerprint density at radius 1 is 1.13 bits per heavy atom. The Kier molecular flexibility index (Phi) is 3.77. The Labute approximate surface area is 94.5 Å². The van der Waals surface area contributed by atoms with Gasteiger partial charge in [0.15, 0.2) is 0 Å². The summed E-state index contributed by atoms with van der Waals surface area (Å²) in [4.78, 5) is 0.990. The number of nitrogens with zero attached hydrogens (tertiary/aromatic N) is 2. The number of rotatable bonds is 2. The molecule has 0 aromatic heterocycles. The lowest BCUT2D eigenvalue weighted by molar-refractivity contribution is 1.11. The lowest BCUT2D eigenvalue weighted by atomic mass is 10.0. The number of hydrogen-bond acceptors (Lipinski definition) is 3. The molecule has 15 heavy (non-hydrogen) atoms. The van der Waals surface area contributed by atoms with E-state index >= 15 is 0 Å². The summed E-state index contributed by atoms with van der Waals surface area (Å²) in [6.07, 6.45) is 0. The fourth-order valence-corrected chi connectivity index (χ4v) is 2.18. The predicted molar refractivity (Wildman–Crippen MR) is 61.6 cm³/mol. The van der Waals surface area contributed by atoms with Crippen molar-refractivity contribution in [3.8, 4) is 12.1 Å². The van der Waals surface area contributed by atoms with E-state index in [1.165, 1.54) is 0 Å². The normalized spacial score (nSPS) is 9.73. The molecule has 1 aromatic rings. The first-order valence-corrected chi connectivity index (χ1v) is 5.58. The van der Waals surface area contributed by atoms with Crippen LogP contribution in [0.3, 0.4) is 0 Å². The summed E-state index contributed by atoms with van der Waals surface area (Å²) in [7, 11) is 0. The zero-order chi connectivity index (χ0) is 11.4. The zero-order valence-electron chi connectivity index (χ0n) is 9.03. The lowest BCUT2D eigenvalue weighted by Gasteiger charge is -2.07. The van der Waals surface area contributed by atoms with Crippen LogP contribution in [0.1, 0.15) is 30.5 Å². The maximum atomic E-state index is 8.93. The first-order valence-electron chi connectivity index (χ1n) is 4.70. The van der Waals surface area contributed by atoms with Gasteiger partial charge >= 0.3 is 0 Å². The van der Waals surface area contributed by atoms with Gasteiger partial charge in [-0.2, -0.15) is 10.5 Å². The van der Waals surface area contributed by atoms with E-state index in [0.717, 1.165) is 10.5 Å². The Hall–Kier alpha value is -1.45. The van der Waals surface area contributed by atoms with E-state index in [4.69, 9.17) is 10.5 Å². The van der Waals surface area contributed by atoms with Gasteiger partial charge in [0.05, 0.1) is 23.3 Å². The summed E-state index contributed by atoms with van der Waals surface area (Å²) < 4.78 is 0. The number of hydrogen-bond donors (Lipinski definition) is 0. The molecule has 1 aromatic carbocycles. The molecule has 0 saturated heterocycles. The Morgan fingerprint density at radius 3 is 1.93 bits per heavy atom. The SMILES string of the molecule is Cc1c(C#N)cc(SC(C)C)cc1C#N. The first-order chi connectivity index (χ1) is 7.08. The van der Waals surface area contributed by atoms with E-state index in [-0.39, 0.29) is 0 Å². The monoisotopic (exact) mass is 216 g/mol. The van der Waals surface area contributed by atoms with Crippen molar-refractivity contribution in [1.29, 1.82) is 10.5 Å². The van der Waals surface area contributed by atoms with Gasteiger partial charge in [-0.15, -0.1) is 11.8 Å². The van der Waals surface area contributed by atoms with Crippen LogP contribution < -0.4 is 0 Å². The number of nitriles is 2. The molecule has 0 aliphatic rings. The summed E-state index contributed by atoms with van der Waals surface area (Å²) in [5.41, 5.74) is 1.96. The summed E-state index contributed by atoms with van der Waals surface area (Å²) in [6, 6.07) is 7.93. The topological polar surface area (TPSA) is 47.6 Å². The molecule has 0 spiro atoms. The molecule has 0 unspecified atom stereocenters. The number of benzene rings is 1. The van der Waals surface area contributed by atoms with Crippen LogP contribution in [0.2, 0.25) is 0 Å². The van der Waals surface area contributed by atoms with Gasteiger partial charge in [0.2, 0.25) is 0 Å². The second-order valence-electron chi connectivity index (χ2n) is 3.53. The minimum Gasteiger partial charge on any atom is -0.192 e. The molecule has 1 rings (SSSR count). The van der Waals surface area contributed by atoms with Crippen molar-refractivity contribution in [2.75, 3.05) is 0 Å². The van der Waals surface area contributed by atoms with Crippen LogP contribution in [0.25, 0.3) is 0 Å². The van der Waals surface area contributed by atoms with Gasteiger partial charge < -0.3 is 0 Å². The Balaban J connectivity index is 3.24. The fraction of sp³-hybridized carbons (Fsp3) is 0.333. The highest BCUT2D eigenvalue weighted by Gasteiger charge is 2.08. The maximum absolute atomic E-state index is 8.93. The van der Waals surface area contributed by atoms with Crippen molar-refractivity contribution in [3.63, 3.8) is 0 Å². The van der Waals surface area contributed by atoms with Crippen LogP contribution in [-0.2, 0) is 0 Å². The summed E-state index contributed by atoms with van der Waals surface area (Å²) in [6.45, 7) is 5.98. The first kappa shape index (κ1) is 11.6. The molecule has 0 heterocycles. The molecule has 76 valence electrons. The van der Waals surface area contributed by atoms with Gasteiger partial charge in [0.25, 0.3) is 0 Å². The molecule has 0 atom stereocenters. The molecule has 0 aliphatic carbocycles. The minimum absolute atomic E-state index is 0.450. The third kappa shape index (κ3) is 2.75. The number of thioether (sulfide) groups is 1. The van der Waals surface area contributed by atoms with E-state index in [1.54, 1.807) is 18.7 Å². The Bertz CT molecular complexity index is 415. The van der Waals surface area contributed by atoms with E-state index in [0.29, 0.717) is 16.4 Å². The molecule has 3 heteroatoms. The molecule has 0 bridgehead atoms. The maximum Gasteiger partial charge on any atom is 0.0995 e. The third-order valence-electron chi connectivity index (χ3n) is 1.99. The molecule has 0 aliphatic heterocycles. The molecule has 0 amide bonds. The van der Waals surface area contributed by atoms with Crippen molar-refractivity contribution in [3.05, 3.63) is 28.8 Å². The molecule has 0 radical (unpaired) electrons. The summed E-state index contributed by atoms with van der Waals surface area (Å²) in [5.74, 6) is 0. The second-order valence-corrected chi connectivity index (χ2v) is 5.18. The van der Waals surface area contributed by atoms with Crippen molar-refractivity contribution in [2.45, 2.75) is 30.9 Å². The largest absolute Gasteiger partial charge is 0.192 e. The summed E-state index contributed by atoms with van der Waals surface area (Å²) >= 11 is 1.66. The quantitative estimate of drug-likeness (QED) is 0.713. The standard InChI is InChI=1S/C12H12N2S/c1-8(2)15-12-4-10(6-13)9(3)11(5-12)7-14/h4-5,8H,1-3H3. The van der Waals surface area contributed by atoms with Crippen LogP contribution in [0.4, 0.5) is 0 Å².